The molecule has 0 aliphatic heterocycles. The van der Waals surface area contributed by atoms with Crippen molar-refractivity contribution in [2.24, 2.45) is 0 Å². The molecule has 0 saturated heterocycles. The van der Waals surface area contributed by atoms with Crippen molar-refractivity contribution in [2.45, 2.75) is 32.8 Å². The monoisotopic (exact) mass is 249 g/mol. The Morgan fingerprint density at radius 2 is 2.00 bits per heavy atom. The molecule has 3 nitrogen and oxygen atoms in total. The first-order valence-corrected chi connectivity index (χ1v) is 6.46. The van der Waals surface area contributed by atoms with Crippen molar-refractivity contribution in [3.05, 3.63) is 35.4 Å². The van der Waals surface area contributed by atoms with Crippen LogP contribution >= 0.6 is 0 Å². The number of nitrogens with zero attached hydrogens (tertiary/aromatic N) is 1. The molecule has 0 fully saturated rings. The van der Waals surface area contributed by atoms with Gasteiger partial charge in [0.05, 0.1) is 6.10 Å². The van der Waals surface area contributed by atoms with Crippen LogP contribution in [-0.4, -0.2) is 42.0 Å². The minimum absolute atomic E-state index is 0.192. The molecular formula is C15H23NO2. The highest BCUT2D eigenvalue weighted by Crippen LogP contribution is 2.10. The fraction of sp³-hybridized carbons (Fsp3) is 0.533. The fourth-order valence-corrected chi connectivity index (χ4v) is 1.83. The van der Waals surface area contributed by atoms with E-state index in [1.165, 1.54) is 0 Å². The minimum Gasteiger partial charge on any atom is -0.393 e. The van der Waals surface area contributed by atoms with E-state index in [4.69, 9.17) is 0 Å². The van der Waals surface area contributed by atoms with Crippen molar-refractivity contribution in [2.75, 3.05) is 20.1 Å². The average Bonchev–Trinajstić information content (AvgIpc) is 2.34. The Morgan fingerprint density at radius 3 is 2.61 bits per heavy atom. The van der Waals surface area contributed by atoms with Crippen molar-refractivity contribution < 1.29 is 9.90 Å². The molecule has 0 radical (unpaired) electrons. The van der Waals surface area contributed by atoms with E-state index >= 15 is 0 Å². The Kier molecular flexibility index (Phi) is 6.02. The van der Waals surface area contributed by atoms with E-state index in [1.54, 1.807) is 6.92 Å². The number of aliphatic hydroxyl groups is 1. The first-order chi connectivity index (χ1) is 8.50. The maximum atomic E-state index is 12.0. The number of Topliss-reactive ketones (excluding diaryl/α,β-unsaturated/α-hetero) is 1. The zero-order valence-electron chi connectivity index (χ0n) is 11.5. The molecule has 0 aliphatic rings. The first-order valence-electron chi connectivity index (χ1n) is 6.46. The zero-order valence-corrected chi connectivity index (χ0v) is 11.5. The number of aryl methyl sites for hydroxylation is 1. The molecule has 1 rings (SSSR count). The largest absolute Gasteiger partial charge is 0.393 e. The van der Waals surface area contributed by atoms with E-state index < -0.39 is 0 Å². The van der Waals surface area contributed by atoms with E-state index in [0.717, 1.165) is 30.6 Å². The molecule has 0 aliphatic carbocycles. The van der Waals surface area contributed by atoms with Gasteiger partial charge in [0.1, 0.15) is 0 Å². The molecule has 1 aromatic rings. The second kappa shape index (κ2) is 7.29. The number of carbonyl (C=O) groups excluding carboxylic acids is 1. The summed E-state index contributed by atoms with van der Waals surface area (Å²) < 4.78 is 0. The van der Waals surface area contributed by atoms with Crippen molar-refractivity contribution in [1.29, 1.82) is 0 Å². The van der Waals surface area contributed by atoms with Gasteiger partial charge in [0.15, 0.2) is 5.78 Å². The van der Waals surface area contributed by atoms with Gasteiger partial charge in [0, 0.05) is 25.1 Å². The molecule has 3 heteroatoms. The van der Waals surface area contributed by atoms with Crippen molar-refractivity contribution in [3.8, 4) is 0 Å². The maximum Gasteiger partial charge on any atom is 0.164 e. The quantitative estimate of drug-likeness (QED) is 0.754. The van der Waals surface area contributed by atoms with Gasteiger partial charge >= 0.3 is 0 Å². The summed E-state index contributed by atoms with van der Waals surface area (Å²) in [7, 11) is 1.98. The minimum atomic E-state index is -0.278. The number of hydrogen-bond donors (Lipinski definition) is 1. The molecule has 0 heterocycles. The summed E-state index contributed by atoms with van der Waals surface area (Å²) in [5.41, 5.74) is 1.86. The van der Waals surface area contributed by atoms with Gasteiger partial charge in [-0.2, -0.15) is 0 Å². The molecule has 100 valence electrons. The van der Waals surface area contributed by atoms with Crippen molar-refractivity contribution in [1.82, 2.24) is 4.90 Å². The van der Waals surface area contributed by atoms with Gasteiger partial charge < -0.3 is 10.0 Å². The SMILES string of the molecule is Cc1ccccc1C(=O)CCN(C)CCC(C)O. The summed E-state index contributed by atoms with van der Waals surface area (Å²) in [5.74, 6) is 0.192. The second-order valence-electron chi connectivity index (χ2n) is 4.93. The summed E-state index contributed by atoms with van der Waals surface area (Å²) in [4.78, 5) is 14.1. The van der Waals surface area contributed by atoms with E-state index in [2.05, 4.69) is 4.90 Å². The Hall–Kier alpha value is -1.19. The number of hydrogen-bond acceptors (Lipinski definition) is 3. The van der Waals surface area contributed by atoms with Crippen LogP contribution in [0.1, 0.15) is 35.7 Å². The standard InChI is InChI=1S/C15H23NO2/c1-12-6-4-5-7-14(12)15(18)9-11-16(3)10-8-13(2)17/h4-7,13,17H,8-11H2,1-3H3. The van der Waals surface area contributed by atoms with E-state index in [0.29, 0.717) is 6.42 Å². The maximum absolute atomic E-state index is 12.0. The summed E-state index contributed by atoms with van der Waals surface area (Å²) in [5, 5.41) is 9.20. The molecule has 0 saturated carbocycles. The van der Waals surface area contributed by atoms with Gasteiger partial charge in [0.25, 0.3) is 0 Å². The van der Waals surface area contributed by atoms with Crippen LogP contribution in [0.4, 0.5) is 0 Å². The highest BCUT2D eigenvalue weighted by Gasteiger charge is 2.09. The van der Waals surface area contributed by atoms with Crippen LogP contribution in [0.25, 0.3) is 0 Å². The highest BCUT2D eigenvalue weighted by molar-refractivity contribution is 5.97. The molecule has 0 spiro atoms. The fourth-order valence-electron chi connectivity index (χ4n) is 1.83. The normalized spacial score (nSPS) is 12.7. The Morgan fingerprint density at radius 1 is 1.33 bits per heavy atom. The number of rotatable bonds is 7. The molecule has 18 heavy (non-hydrogen) atoms. The van der Waals surface area contributed by atoms with E-state index in [1.807, 2.05) is 38.2 Å². The van der Waals surface area contributed by atoms with Gasteiger partial charge in [-0.3, -0.25) is 4.79 Å². The number of benzene rings is 1. The van der Waals surface area contributed by atoms with Gasteiger partial charge in [-0.25, -0.2) is 0 Å². The topological polar surface area (TPSA) is 40.5 Å². The highest BCUT2D eigenvalue weighted by atomic mass is 16.3. The lowest BCUT2D eigenvalue weighted by Gasteiger charge is -2.17. The molecule has 0 bridgehead atoms. The van der Waals surface area contributed by atoms with Gasteiger partial charge in [-0.1, -0.05) is 24.3 Å². The molecule has 1 aromatic carbocycles. The van der Waals surface area contributed by atoms with Crippen LogP contribution in [0.5, 0.6) is 0 Å². The lowest BCUT2D eigenvalue weighted by atomic mass is 10.0. The second-order valence-corrected chi connectivity index (χ2v) is 4.93. The predicted octanol–water partition coefficient (Wildman–Crippen LogP) is 2.27. The average molecular weight is 249 g/mol. The third-order valence-electron chi connectivity index (χ3n) is 3.09. The van der Waals surface area contributed by atoms with Crippen LogP contribution in [0.2, 0.25) is 0 Å². The van der Waals surface area contributed by atoms with Crippen LogP contribution < -0.4 is 0 Å². The van der Waals surface area contributed by atoms with Crippen molar-refractivity contribution >= 4 is 5.78 Å². The van der Waals surface area contributed by atoms with E-state index in [9.17, 15) is 9.90 Å². The zero-order chi connectivity index (χ0) is 13.5. The summed E-state index contributed by atoms with van der Waals surface area (Å²) >= 11 is 0. The number of aliphatic hydroxyl groups excluding tert-OH is 1. The molecule has 1 atom stereocenters. The molecule has 1 N–H and O–H groups in total. The first kappa shape index (κ1) is 14.9. The van der Waals surface area contributed by atoms with Crippen LogP contribution in [0, 0.1) is 6.92 Å². The Balaban J connectivity index is 2.40. The predicted molar refractivity (Wildman–Crippen MR) is 73.9 cm³/mol. The van der Waals surface area contributed by atoms with Gasteiger partial charge in [-0.05, 0) is 32.9 Å². The summed E-state index contributed by atoms with van der Waals surface area (Å²) in [6.45, 7) is 5.30. The van der Waals surface area contributed by atoms with Crippen molar-refractivity contribution in [3.63, 3.8) is 0 Å². The molecular weight excluding hydrogens is 226 g/mol. The van der Waals surface area contributed by atoms with E-state index in [-0.39, 0.29) is 11.9 Å². The third kappa shape index (κ3) is 4.98. The Bertz CT molecular complexity index is 388. The smallest absolute Gasteiger partial charge is 0.164 e. The van der Waals surface area contributed by atoms with Crippen LogP contribution in [0.3, 0.4) is 0 Å². The lowest BCUT2D eigenvalue weighted by Crippen LogP contribution is -2.25. The number of carbonyl (C=O) groups is 1. The van der Waals surface area contributed by atoms with Gasteiger partial charge in [0.2, 0.25) is 0 Å². The van der Waals surface area contributed by atoms with Gasteiger partial charge in [-0.15, -0.1) is 0 Å². The summed E-state index contributed by atoms with van der Waals surface area (Å²) in [6.07, 6.45) is 0.996. The number of ketones is 1. The molecule has 0 aromatic heterocycles. The Labute approximate surface area is 109 Å². The molecule has 1 unspecified atom stereocenters. The summed E-state index contributed by atoms with van der Waals surface area (Å²) in [6, 6.07) is 7.69. The van der Waals surface area contributed by atoms with Crippen LogP contribution in [0.15, 0.2) is 24.3 Å². The molecule has 0 amide bonds. The third-order valence-corrected chi connectivity index (χ3v) is 3.09. The lowest BCUT2D eigenvalue weighted by molar-refractivity contribution is 0.0965. The van der Waals surface area contributed by atoms with Crippen LogP contribution in [-0.2, 0) is 0 Å².